The van der Waals surface area contributed by atoms with Gasteiger partial charge >= 0.3 is 0 Å². The van der Waals surface area contributed by atoms with Crippen LogP contribution in [0.1, 0.15) is 25.7 Å². The molecule has 0 bridgehead atoms. The van der Waals surface area contributed by atoms with Crippen LogP contribution in [0.4, 0.5) is 0 Å². The van der Waals surface area contributed by atoms with Gasteiger partial charge in [0.15, 0.2) is 22.1 Å². The van der Waals surface area contributed by atoms with Gasteiger partial charge in [-0.05, 0) is 49.9 Å². The fourth-order valence-electron chi connectivity index (χ4n) is 3.95. The molecule has 4 nitrogen and oxygen atoms in total. The summed E-state index contributed by atoms with van der Waals surface area (Å²) in [6.07, 6.45) is 9.47. The van der Waals surface area contributed by atoms with Gasteiger partial charge in [0.1, 0.15) is 0 Å². The lowest BCUT2D eigenvalue weighted by Gasteiger charge is -2.00. The molecule has 0 aliphatic carbocycles. The average molecular weight is 508 g/mol. The summed E-state index contributed by atoms with van der Waals surface area (Å²) < 4.78 is 9.20. The van der Waals surface area contributed by atoms with Crippen LogP contribution in [0.5, 0.6) is 0 Å². The highest BCUT2D eigenvalue weighted by Crippen LogP contribution is 2.14. The number of benzene rings is 2. The highest BCUT2D eigenvalue weighted by molar-refractivity contribution is 5.72. The predicted octanol–water partition coefficient (Wildman–Crippen LogP) is -2.49. The van der Waals surface area contributed by atoms with Crippen LogP contribution >= 0.6 is 0 Å². The minimum atomic E-state index is 0. The maximum atomic E-state index is 2.38. The van der Waals surface area contributed by atoms with Crippen LogP contribution in [0, 0.1) is 0 Å². The molecule has 2 heterocycles. The number of hydrogen-bond donors (Lipinski definition) is 0. The van der Waals surface area contributed by atoms with Crippen molar-refractivity contribution in [3.05, 3.63) is 61.2 Å². The first-order chi connectivity index (χ1) is 12.7. The van der Waals surface area contributed by atoms with Gasteiger partial charge in [-0.2, -0.15) is 0 Å². The summed E-state index contributed by atoms with van der Waals surface area (Å²) in [7, 11) is 4.25. The van der Waals surface area contributed by atoms with Crippen LogP contribution in [0.15, 0.2) is 61.2 Å². The topological polar surface area (TPSA) is 17.6 Å². The molecule has 0 saturated heterocycles. The fraction of sp³-hybridized carbons (Fsp3) is 0.364. The molecular weight excluding hydrogens is 480 g/mol. The van der Waals surface area contributed by atoms with E-state index in [-0.39, 0.29) is 34.0 Å². The van der Waals surface area contributed by atoms with Gasteiger partial charge in [-0.3, -0.25) is 0 Å². The Morgan fingerprint density at radius 3 is 1.43 bits per heavy atom. The SMILES string of the molecule is C[n+]1cn(CCCCCCn2c[n+](C)c3ccccc32)c2ccccc21.[Br-].[Br-]. The maximum absolute atomic E-state index is 2.38. The van der Waals surface area contributed by atoms with Gasteiger partial charge in [-0.25, -0.2) is 18.3 Å². The van der Waals surface area contributed by atoms with Crippen molar-refractivity contribution in [2.45, 2.75) is 38.8 Å². The maximum Gasteiger partial charge on any atom is 0.244 e. The summed E-state index contributed by atoms with van der Waals surface area (Å²) in [6.45, 7) is 2.20. The Morgan fingerprint density at radius 1 is 0.607 bits per heavy atom. The van der Waals surface area contributed by atoms with E-state index in [2.05, 4.69) is 93.5 Å². The zero-order valence-corrected chi connectivity index (χ0v) is 19.7. The van der Waals surface area contributed by atoms with Crippen LogP contribution in [0.25, 0.3) is 22.1 Å². The second-order valence-electron chi connectivity index (χ2n) is 7.23. The van der Waals surface area contributed by atoms with E-state index >= 15 is 0 Å². The number of fused-ring (bicyclic) bond motifs is 2. The number of unbranched alkanes of at least 4 members (excludes halogenated alkanes) is 3. The second-order valence-corrected chi connectivity index (χ2v) is 7.23. The number of hydrogen-bond acceptors (Lipinski definition) is 0. The molecule has 2 aromatic heterocycles. The number of para-hydroxylation sites is 4. The first-order valence-corrected chi connectivity index (χ1v) is 9.61. The quantitative estimate of drug-likeness (QED) is 0.195. The highest BCUT2D eigenvalue weighted by atomic mass is 79.9. The third-order valence-corrected chi connectivity index (χ3v) is 5.32. The van der Waals surface area contributed by atoms with E-state index in [1.807, 2.05) is 0 Å². The van der Waals surface area contributed by atoms with Crippen molar-refractivity contribution < 1.29 is 43.1 Å². The Morgan fingerprint density at radius 2 is 1.00 bits per heavy atom. The second kappa shape index (κ2) is 10.2. The molecule has 0 unspecified atom stereocenters. The molecule has 0 radical (unpaired) electrons. The number of imidazole rings is 2. The number of halogens is 2. The summed E-state index contributed by atoms with van der Waals surface area (Å²) in [6, 6.07) is 17.3. The van der Waals surface area contributed by atoms with E-state index in [9.17, 15) is 0 Å². The molecule has 0 fully saturated rings. The molecule has 4 aromatic rings. The standard InChI is InChI=1S/C22H28N4.2BrH/c1-23-17-25(21-13-7-5-11-19(21)23)15-9-3-4-10-16-26-18-24(2)20-12-6-8-14-22(20)26;;/h5-8,11-14,17-18H,3-4,9-10,15-16H2,1-2H3;2*1H/q+2;;/p-2. The first-order valence-electron chi connectivity index (χ1n) is 9.61. The van der Waals surface area contributed by atoms with E-state index in [0.717, 1.165) is 13.1 Å². The van der Waals surface area contributed by atoms with Crippen molar-refractivity contribution >= 4 is 22.1 Å². The molecular formula is C22H28Br2N4. The number of nitrogens with zero attached hydrogens (tertiary/aromatic N) is 4. The minimum absolute atomic E-state index is 0. The molecule has 0 aliphatic heterocycles. The normalized spacial score (nSPS) is 10.8. The molecule has 28 heavy (non-hydrogen) atoms. The monoisotopic (exact) mass is 506 g/mol. The molecule has 6 heteroatoms. The number of rotatable bonds is 7. The Kier molecular flexibility index (Phi) is 8.25. The lowest BCUT2D eigenvalue weighted by atomic mass is 10.2. The average Bonchev–Trinajstić information content (AvgIpc) is 3.16. The first kappa shape index (κ1) is 22.6. The largest absolute Gasteiger partial charge is 1.00 e. The Bertz CT molecular complexity index is 952. The van der Waals surface area contributed by atoms with Crippen molar-refractivity contribution in [2.75, 3.05) is 0 Å². The molecule has 150 valence electrons. The highest BCUT2D eigenvalue weighted by Gasteiger charge is 2.13. The molecule has 0 aliphatic rings. The predicted molar refractivity (Wildman–Crippen MR) is 105 cm³/mol. The van der Waals surface area contributed by atoms with Crippen LogP contribution in [-0.2, 0) is 27.2 Å². The summed E-state index contributed by atoms with van der Waals surface area (Å²) in [5, 5.41) is 0. The van der Waals surface area contributed by atoms with Gasteiger partial charge in [-0.1, -0.05) is 24.3 Å². The Labute approximate surface area is 187 Å². The third kappa shape index (κ3) is 4.66. The van der Waals surface area contributed by atoms with Gasteiger partial charge in [0.05, 0.1) is 27.2 Å². The van der Waals surface area contributed by atoms with Crippen molar-refractivity contribution in [3.8, 4) is 0 Å². The molecule has 0 spiro atoms. The van der Waals surface area contributed by atoms with Crippen LogP contribution < -0.4 is 43.1 Å². The summed E-state index contributed by atoms with van der Waals surface area (Å²) >= 11 is 0. The van der Waals surface area contributed by atoms with Crippen LogP contribution in [0.3, 0.4) is 0 Å². The summed E-state index contributed by atoms with van der Waals surface area (Å²) in [5.74, 6) is 0. The fourth-order valence-corrected chi connectivity index (χ4v) is 3.95. The van der Waals surface area contributed by atoms with E-state index in [1.54, 1.807) is 0 Å². The lowest BCUT2D eigenvalue weighted by molar-refractivity contribution is -0.645. The smallest absolute Gasteiger partial charge is 0.244 e. The zero-order valence-electron chi connectivity index (χ0n) is 16.6. The Hall–Kier alpha value is -1.66. The van der Waals surface area contributed by atoms with Crippen molar-refractivity contribution in [1.82, 2.24) is 9.13 Å². The van der Waals surface area contributed by atoms with Gasteiger partial charge in [0, 0.05) is 0 Å². The van der Waals surface area contributed by atoms with E-state index in [0.29, 0.717) is 0 Å². The van der Waals surface area contributed by atoms with Gasteiger partial charge in [-0.15, -0.1) is 0 Å². The van der Waals surface area contributed by atoms with Crippen LogP contribution in [-0.4, -0.2) is 9.13 Å². The van der Waals surface area contributed by atoms with E-state index in [1.165, 1.54) is 47.8 Å². The summed E-state index contributed by atoms with van der Waals surface area (Å²) in [5.41, 5.74) is 5.28. The third-order valence-electron chi connectivity index (χ3n) is 5.32. The molecule has 0 atom stereocenters. The van der Waals surface area contributed by atoms with Crippen LogP contribution in [0.2, 0.25) is 0 Å². The van der Waals surface area contributed by atoms with E-state index < -0.39 is 0 Å². The Balaban J connectivity index is 0.00000140. The lowest BCUT2D eigenvalue weighted by Crippen LogP contribution is -3.00. The van der Waals surface area contributed by atoms with Gasteiger partial charge in [0.25, 0.3) is 0 Å². The summed E-state index contributed by atoms with van der Waals surface area (Å²) in [4.78, 5) is 0. The number of aryl methyl sites for hydroxylation is 4. The molecule has 4 rings (SSSR count). The van der Waals surface area contributed by atoms with Gasteiger partial charge < -0.3 is 34.0 Å². The minimum Gasteiger partial charge on any atom is -1.00 e. The molecule has 0 amide bonds. The van der Waals surface area contributed by atoms with Crippen molar-refractivity contribution in [1.29, 1.82) is 0 Å². The number of aromatic nitrogens is 4. The molecule has 0 saturated carbocycles. The zero-order chi connectivity index (χ0) is 17.9. The van der Waals surface area contributed by atoms with Crippen molar-refractivity contribution in [3.63, 3.8) is 0 Å². The van der Waals surface area contributed by atoms with E-state index in [4.69, 9.17) is 0 Å². The molecule has 0 N–H and O–H groups in total. The van der Waals surface area contributed by atoms with Gasteiger partial charge in [0.2, 0.25) is 12.7 Å². The van der Waals surface area contributed by atoms with Crippen molar-refractivity contribution in [2.24, 2.45) is 14.1 Å². The molecule has 2 aromatic carbocycles.